The molecule has 17 heavy (non-hydrogen) atoms. The van der Waals surface area contributed by atoms with Gasteiger partial charge in [-0.1, -0.05) is 6.92 Å². The standard InChI is InChI=1S/C11H26N2O3S/c1-4-12-8-6-7-9-17(14,15)13-11(3)10-16-5-2/h11-13H,4-10H2,1-3H3. The van der Waals surface area contributed by atoms with E-state index in [0.717, 1.165) is 19.5 Å². The Balaban J connectivity index is 3.72. The Bertz CT molecular complexity index is 268. The summed E-state index contributed by atoms with van der Waals surface area (Å²) in [6.45, 7) is 8.57. The van der Waals surface area contributed by atoms with Crippen LogP contribution in [0.4, 0.5) is 0 Å². The second kappa shape index (κ2) is 9.82. The Morgan fingerprint density at radius 3 is 2.53 bits per heavy atom. The zero-order chi connectivity index (χ0) is 13.1. The summed E-state index contributed by atoms with van der Waals surface area (Å²) in [4.78, 5) is 0. The van der Waals surface area contributed by atoms with E-state index in [1.165, 1.54) is 0 Å². The van der Waals surface area contributed by atoms with Crippen LogP contribution in [-0.2, 0) is 14.8 Å². The first-order chi connectivity index (χ1) is 8.02. The Morgan fingerprint density at radius 2 is 1.94 bits per heavy atom. The van der Waals surface area contributed by atoms with Crippen LogP contribution in [0.2, 0.25) is 0 Å². The highest BCUT2D eigenvalue weighted by molar-refractivity contribution is 7.89. The van der Waals surface area contributed by atoms with Crippen LogP contribution in [0.15, 0.2) is 0 Å². The third-order valence-electron chi connectivity index (χ3n) is 2.22. The van der Waals surface area contributed by atoms with E-state index < -0.39 is 10.0 Å². The first kappa shape index (κ1) is 16.8. The quantitative estimate of drug-likeness (QED) is 0.541. The molecule has 104 valence electrons. The molecule has 0 rings (SSSR count). The van der Waals surface area contributed by atoms with Crippen molar-refractivity contribution in [3.05, 3.63) is 0 Å². The first-order valence-electron chi connectivity index (χ1n) is 6.30. The fraction of sp³-hybridized carbons (Fsp3) is 1.00. The lowest BCUT2D eigenvalue weighted by atomic mass is 10.3. The predicted molar refractivity (Wildman–Crippen MR) is 70.7 cm³/mol. The van der Waals surface area contributed by atoms with Crippen LogP contribution in [0.5, 0.6) is 0 Å². The van der Waals surface area contributed by atoms with Crippen molar-refractivity contribution in [1.29, 1.82) is 0 Å². The van der Waals surface area contributed by atoms with Crippen molar-refractivity contribution in [2.24, 2.45) is 0 Å². The first-order valence-corrected chi connectivity index (χ1v) is 7.95. The van der Waals surface area contributed by atoms with Crippen molar-refractivity contribution in [3.8, 4) is 0 Å². The Morgan fingerprint density at radius 1 is 1.24 bits per heavy atom. The van der Waals surface area contributed by atoms with Gasteiger partial charge in [0.1, 0.15) is 0 Å². The topological polar surface area (TPSA) is 67.4 Å². The Kier molecular flexibility index (Phi) is 9.72. The van der Waals surface area contributed by atoms with Gasteiger partial charge in [-0.2, -0.15) is 0 Å². The second-order valence-electron chi connectivity index (χ2n) is 4.06. The molecule has 0 aliphatic carbocycles. The molecule has 0 aromatic heterocycles. The highest BCUT2D eigenvalue weighted by atomic mass is 32.2. The summed E-state index contributed by atoms with van der Waals surface area (Å²) in [5.74, 6) is 0.189. The molecule has 5 nitrogen and oxygen atoms in total. The second-order valence-corrected chi connectivity index (χ2v) is 5.93. The van der Waals surface area contributed by atoms with Crippen molar-refractivity contribution in [2.75, 3.05) is 32.1 Å². The number of ether oxygens (including phenoxy) is 1. The van der Waals surface area contributed by atoms with Gasteiger partial charge in [-0.15, -0.1) is 0 Å². The highest BCUT2D eigenvalue weighted by Crippen LogP contribution is 1.96. The molecule has 1 unspecified atom stereocenters. The average Bonchev–Trinajstić information content (AvgIpc) is 2.25. The van der Waals surface area contributed by atoms with E-state index in [-0.39, 0.29) is 11.8 Å². The van der Waals surface area contributed by atoms with E-state index in [2.05, 4.69) is 10.0 Å². The Labute approximate surface area is 105 Å². The minimum atomic E-state index is -3.16. The fourth-order valence-corrected chi connectivity index (χ4v) is 2.80. The van der Waals surface area contributed by atoms with Crippen molar-refractivity contribution in [2.45, 2.75) is 39.7 Å². The van der Waals surface area contributed by atoms with Gasteiger partial charge in [0.05, 0.1) is 12.4 Å². The molecule has 0 aromatic carbocycles. The van der Waals surface area contributed by atoms with Gasteiger partial charge in [0, 0.05) is 12.6 Å². The predicted octanol–water partition coefficient (Wildman–Crippen LogP) is 0.721. The van der Waals surface area contributed by atoms with Gasteiger partial charge >= 0.3 is 0 Å². The number of sulfonamides is 1. The minimum Gasteiger partial charge on any atom is -0.380 e. The molecular formula is C11H26N2O3S. The van der Waals surface area contributed by atoms with Gasteiger partial charge in [-0.3, -0.25) is 0 Å². The normalized spacial score (nSPS) is 13.8. The van der Waals surface area contributed by atoms with Crippen molar-refractivity contribution >= 4 is 10.0 Å². The van der Waals surface area contributed by atoms with Gasteiger partial charge in [-0.05, 0) is 39.8 Å². The van der Waals surface area contributed by atoms with Gasteiger partial charge in [0.15, 0.2) is 0 Å². The van der Waals surface area contributed by atoms with Crippen LogP contribution < -0.4 is 10.0 Å². The summed E-state index contributed by atoms with van der Waals surface area (Å²) in [6.07, 6.45) is 1.57. The van der Waals surface area contributed by atoms with Gasteiger partial charge in [-0.25, -0.2) is 13.1 Å². The van der Waals surface area contributed by atoms with Crippen LogP contribution in [0.1, 0.15) is 33.6 Å². The molecule has 0 saturated heterocycles. The smallest absolute Gasteiger partial charge is 0.211 e. The zero-order valence-corrected chi connectivity index (χ0v) is 12.0. The summed E-state index contributed by atoms with van der Waals surface area (Å²) in [6, 6.07) is -0.159. The van der Waals surface area contributed by atoms with E-state index in [0.29, 0.717) is 19.6 Å². The van der Waals surface area contributed by atoms with Crippen LogP contribution in [0.25, 0.3) is 0 Å². The summed E-state index contributed by atoms with van der Waals surface area (Å²) >= 11 is 0. The monoisotopic (exact) mass is 266 g/mol. The van der Waals surface area contributed by atoms with E-state index in [9.17, 15) is 8.42 Å². The maximum atomic E-state index is 11.6. The third-order valence-corrected chi connectivity index (χ3v) is 3.81. The lowest BCUT2D eigenvalue weighted by Gasteiger charge is -2.13. The van der Waals surface area contributed by atoms with E-state index in [1.807, 2.05) is 20.8 Å². The number of hydrogen-bond acceptors (Lipinski definition) is 4. The van der Waals surface area contributed by atoms with E-state index in [4.69, 9.17) is 4.74 Å². The molecule has 0 heterocycles. The summed E-state index contributed by atoms with van der Waals surface area (Å²) in [5, 5.41) is 3.17. The SMILES string of the molecule is CCNCCCCS(=O)(=O)NC(C)COCC. The summed E-state index contributed by atoms with van der Waals surface area (Å²) in [7, 11) is -3.16. The Hall–Kier alpha value is -0.170. The maximum Gasteiger partial charge on any atom is 0.211 e. The van der Waals surface area contributed by atoms with Gasteiger partial charge in [0.2, 0.25) is 10.0 Å². The van der Waals surface area contributed by atoms with Crippen molar-refractivity contribution in [1.82, 2.24) is 10.0 Å². The molecule has 2 N–H and O–H groups in total. The summed E-state index contributed by atoms with van der Waals surface area (Å²) < 4.78 is 31.1. The van der Waals surface area contributed by atoms with Crippen molar-refractivity contribution in [3.63, 3.8) is 0 Å². The number of rotatable bonds is 11. The third kappa shape index (κ3) is 10.7. The van der Waals surface area contributed by atoms with Gasteiger partial charge in [0.25, 0.3) is 0 Å². The number of unbranched alkanes of at least 4 members (excludes halogenated alkanes) is 1. The molecular weight excluding hydrogens is 240 g/mol. The van der Waals surface area contributed by atoms with Crippen LogP contribution >= 0.6 is 0 Å². The van der Waals surface area contributed by atoms with Crippen LogP contribution in [-0.4, -0.2) is 46.5 Å². The average molecular weight is 266 g/mol. The summed E-state index contributed by atoms with van der Waals surface area (Å²) in [5.41, 5.74) is 0. The lowest BCUT2D eigenvalue weighted by Crippen LogP contribution is -2.37. The molecule has 1 atom stereocenters. The molecule has 0 bridgehead atoms. The van der Waals surface area contributed by atoms with Gasteiger partial charge < -0.3 is 10.1 Å². The van der Waals surface area contributed by atoms with E-state index in [1.54, 1.807) is 0 Å². The van der Waals surface area contributed by atoms with E-state index >= 15 is 0 Å². The maximum absolute atomic E-state index is 11.6. The number of nitrogens with one attached hydrogen (secondary N) is 2. The fourth-order valence-electron chi connectivity index (χ4n) is 1.41. The zero-order valence-electron chi connectivity index (χ0n) is 11.2. The molecule has 0 aliphatic heterocycles. The largest absolute Gasteiger partial charge is 0.380 e. The lowest BCUT2D eigenvalue weighted by molar-refractivity contribution is 0.133. The molecule has 6 heteroatoms. The molecule has 0 fully saturated rings. The number of hydrogen-bond donors (Lipinski definition) is 2. The molecule has 0 saturated carbocycles. The molecule has 0 amide bonds. The molecule has 0 spiro atoms. The molecule has 0 aromatic rings. The molecule has 0 aliphatic rings. The highest BCUT2D eigenvalue weighted by Gasteiger charge is 2.13. The van der Waals surface area contributed by atoms with Crippen LogP contribution in [0.3, 0.4) is 0 Å². The van der Waals surface area contributed by atoms with Crippen molar-refractivity contribution < 1.29 is 13.2 Å². The van der Waals surface area contributed by atoms with Crippen LogP contribution in [0, 0.1) is 0 Å². The minimum absolute atomic E-state index is 0.159. The molecule has 0 radical (unpaired) electrons.